The van der Waals surface area contributed by atoms with E-state index in [1.54, 1.807) is 16.7 Å². The average molecular weight is 365 g/mol. The Morgan fingerprint density at radius 3 is 2.38 bits per heavy atom. The molecule has 2 aliphatic heterocycles. The van der Waals surface area contributed by atoms with Crippen LogP contribution in [0.1, 0.15) is 37.0 Å². The quantitative estimate of drug-likeness (QED) is 0.761. The lowest BCUT2D eigenvalue weighted by molar-refractivity contribution is -0.156. The Labute approximate surface area is 156 Å². The molecule has 2 fully saturated rings. The number of nitrogens with zero attached hydrogens (tertiary/aromatic N) is 1. The van der Waals surface area contributed by atoms with Crippen LogP contribution in [-0.4, -0.2) is 33.4 Å². The fourth-order valence-electron chi connectivity index (χ4n) is 4.43. The maximum Gasteiger partial charge on any atom is 0.330 e. The summed E-state index contributed by atoms with van der Waals surface area (Å²) < 4.78 is 6.00. The van der Waals surface area contributed by atoms with Crippen LogP contribution in [0.4, 0.5) is 0 Å². The van der Waals surface area contributed by atoms with Gasteiger partial charge in [-0.2, -0.15) is 0 Å². The van der Waals surface area contributed by atoms with Crippen molar-refractivity contribution in [3.8, 4) is 11.1 Å². The Morgan fingerprint density at radius 1 is 1.12 bits per heavy atom. The van der Waals surface area contributed by atoms with Gasteiger partial charge in [0.15, 0.2) is 6.10 Å². The van der Waals surface area contributed by atoms with Crippen molar-refractivity contribution in [3.63, 3.8) is 0 Å². The zero-order valence-electron chi connectivity index (χ0n) is 14.5. The number of benzene rings is 2. The molecule has 2 aromatic rings. The Balaban J connectivity index is 1.47. The van der Waals surface area contributed by atoms with Crippen LogP contribution in [-0.2, 0) is 14.3 Å². The highest BCUT2D eigenvalue weighted by atomic mass is 32.2. The summed E-state index contributed by atoms with van der Waals surface area (Å²) in [5.41, 5.74) is 4.26. The van der Waals surface area contributed by atoms with Crippen molar-refractivity contribution >= 4 is 23.6 Å². The van der Waals surface area contributed by atoms with Crippen LogP contribution in [0, 0.1) is 0 Å². The first kappa shape index (κ1) is 15.9. The van der Waals surface area contributed by atoms with Crippen molar-refractivity contribution in [3.05, 3.63) is 59.7 Å². The third-order valence-electron chi connectivity index (χ3n) is 5.73. The van der Waals surface area contributed by atoms with Crippen molar-refractivity contribution < 1.29 is 14.3 Å². The van der Waals surface area contributed by atoms with Crippen molar-refractivity contribution in [1.82, 2.24) is 4.90 Å². The van der Waals surface area contributed by atoms with Gasteiger partial charge in [0, 0.05) is 23.3 Å². The molecule has 5 rings (SSSR count). The van der Waals surface area contributed by atoms with Crippen LogP contribution in [0.5, 0.6) is 0 Å². The second kappa shape index (κ2) is 5.61. The van der Waals surface area contributed by atoms with Gasteiger partial charge in [-0.1, -0.05) is 48.5 Å². The molecule has 2 atom stereocenters. The summed E-state index contributed by atoms with van der Waals surface area (Å²) in [5, 5.41) is 0. The van der Waals surface area contributed by atoms with Gasteiger partial charge in [-0.25, -0.2) is 4.79 Å². The molecule has 2 heterocycles. The molecule has 0 saturated carbocycles. The van der Waals surface area contributed by atoms with Crippen molar-refractivity contribution in [2.45, 2.75) is 36.8 Å². The number of rotatable bonds is 2. The Morgan fingerprint density at radius 2 is 1.73 bits per heavy atom. The molecule has 4 nitrogen and oxygen atoms in total. The van der Waals surface area contributed by atoms with Gasteiger partial charge in [0.2, 0.25) is 5.91 Å². The molecule has 2 saturated heterocycles. The predicted molar refractivity (Wildman–Crippen MR) is 101 cm³/mol. The number of ether oxygens (including phenoxy) is 1. The molecule has 0 radical (unpaired) electrons. The molecule has 0 aromatic heterocycles. The zero-order chi connectivity index (χ0) is 17.9. The van der Waals surface area contributed by atoms with Crippen LogP contribution < -0.4 is 0 Å². The summed E-state index contributed by atoms with van der Waals surface area (Å²) in [7, 11) is 0. The van der Waals surface area contributed by atoms with Crippen molar-refractivity contribution in [2.75, 3.05) is 5.75 Å². The number of carbonyl (C=O) groups excluding carboxylic acids is 2. The number of esters is 1. The van der Waals surface area contributed by atoms with Gasteiger partial charge < -0.3 is 9.64 Å². The van der Waals surface area contributed by atoms with E-state index in [0.29, 0.717) is 12.2 Å². The van der Waals surface area contributed by atoms with Crippen LogP contribution >= 0.6 is 11.8 Å². The first-order valence-corrected chi connectivity index (χ1v) is 9.92. The smallest absolute Gasteiger partial charge is 0.330 e. The summed E-state index contributed by atoms with van der Waals surface area (Å²) in [5.74, 6) is 0.372. The lowest BCUT2D eigenvalue weighted by Crippen LogP contribution is -2.46. The third-order valence-corrected chi connectivity index (χ3v) is 7.23. The molecular weight excluding hydrogens is 346 g/mol. The topological polar surface area (TPSA) is 46.6 Å². The Kier molecular flexibility index (Phi) is 3.44. The highest BCUT2D eigenvalue weighted by Gasteiger charge is 2.54. The maximum absolute atomic E-state index is 13.0. The van der Waals surface area contributed by atoms with Gasteiger partial charge in [-0.15, -0.1) is 11.8 Å². The minimum atomic E-state index is -0.486. The Bertz CT molecular complexity index is 881. The molecule has 5 heteroatoms. The van der Waals surface area contributed by atoms with E-state index in [1.165, 1.54) is 0 Å². The molecule has 26 heavy (non-hydrogen) atoms. The zero-order valence-corrected chi connectivity index (χ0v) is 15.3. The van der Waals surface area contributed by atoms with E-state index in [2.05, 4.69) is 19.1 Å². The van der Waals surface area contributed by atoms with Gasteiger partial charge in [-0.05, 0) is 24.5 Å². The van der Waals surface area contributed by atoms with E-state index in [9.17, 15) is 9.59 Å². The van der Waals surface area contributed by atoms with Crippen LogP contribution in [0.15, 0.2) is 48.5 Å². The van der Waals surface area contributed by atoms with E-state index in [4.69, 9.17) is 4.74 Å². The predicted octanol–water partition coefficient (Wildman–Crippen LogP) is 3.75. The number of amides is 1. The second-order valence-electron chi connectivity index (χ2n) is 7.26. The maximum atomic E-state index is 13.0. The van der Waals surface area contributed by atoms with Gasteiger partial charge in [-0.3, -0.25) is 4.79 Å². The second-order valence-corrected chi connectivity index (χ2v) is 8.76. The lowest BCUT2D eigenvalue weighted by Gasteiger charge is -2.30. The summed E-state index contributed by atoms with van der Waals surface area (Å²) in [4.78, 5) is 26.8. The SMILES string of the molecule is C[C@@]12CCC(=O)N1[C@H](C(=O)OC1c3ccccc3-c3ccccc31)CS2. The van der Waals surface area contributed by atoms with E-state index in [0.717, 1.165) is 28.7 Å². The Hall–Kier alpha value is -2.27. The number of carbonyl (C=O) groups is 2. The molecule has 0 unspecified atom stereocenters. The van der Waals surface area contributed by atoms with Crippen molar-refractivity contribution in [2.24, 2.45) is 0 Å². The van der Waals surface area contributed by atoms with Gasteiger partial charge in [0.25, 0.3) is 0 Å². The highest BCUT2D eigenvalue weighted by Crippen LogP contribution is 2.49. The fraction of sp³-hybridized carbons (Fsp3) is 0.333. The minimum absolute atomic E-state index is 0.0617. The standard InChI is InChI=1S/C21H19NO3S/c1-21-11-10-18(23)22(21)17(12-26-21)20(24)25-19-15-8-4-2-6-13(15)14-7-3-5-9-16(14)19/h2-9,17,19H,10-12H2,1H3/t17-,21+/m0/s1. The number of hydrogen-bond donors (Lipinski definition) is 0. The summed E-state index contributed by atoms with van der Waals surface area (Å²) in [6, 6.07) is 15.6. The van der Waals surface area contributed by atoms with E-state index < -0.39 is 12.1 Å². The number of hydrogen-bond acceptors (Lipinski definition) is 4. The first-order valence-electron chi connectivity index (χ1n) is 8.93. The largest absolute Gasteiger partial charge is 0.451 e. The highest BCUT2D eigenvalue weighted by molar-refractivity contribution is 8.01. The minimum Gasteiger partial charge on any atom is -0.451 e. The van der Waals surface area contributed by atoms with E-state index in [-0.39, 0.29) is 16.7 Å². The molecule has 0 N–H and O–H groups in total. The van der Waals surface area contributed by atoms with Gasteiger partial charge >= 0.3 is 5.97 Å². The van der Waals surface area contributed by atoms with Crippen LogP contribution in [0.25, 0.3) is 11.1 Å². The molecule has 1 amide bonds. The number of fused-ring (bicyclic) bond motifs is 4. The molecule has 0 spiro atoms. The molecule has 132 valence electrons. The van der Waals surface area contributed by atoms with Gasteiger partial charge in [0.05, 0.1) is 4.87 Å². The lowest BCUT2D eigenvalue weighted by atomic mass is 10.1. The normalized spacial score (nSPS) is 26.6. The third kappa shape index (κ3) is 2.16. The number of thioether (sulfide) groups is 1. The van der Waals surface area contributed by atoms with E-state index in [1.807, 2.05) is 36.4 Å². The van der Waals surface area contributed by atoms with Crippen LogP contribution in [0.2, 0.25) is 0 Å². The summed E-state index contributed by atoms with van der Waals surface area (Å²) in [6.45, 7) is 2.05. The molecule has 3 aliphatic rings. The van der Waals surface area contributed by atoms with Crippen molar-refractivity contribution in [1.29, 1.82) is 0 Å². The van der Waals surface area contributed by atoms with Crippen LogP contribution in [0.3, 0.4) is 0 Å². The monoisotopic (exact) mass is 365 g/mol. The van der Waals surface area contributed by atoms with E-state index >= 15 is 0 Å². The molecular formula is C21H19NO3S. The molecule has 2 aromatic carbocycles. The summed E-state index contributed by atoms with van der Waals surface area (Å²) in [6.07, 6.45) is 0.919. The fourth-order valence-corrected chi connectivity index (χ4v) is 5.84. The first-order chi connectivity index (χ1) is 12.6. The van der Waals surface area contributed by atoms with Gasteiger partial charge in [0.1, 0.15) is 6.04 Å². The average Bonchev–Trinajstić information content (AvgIpc) is 3.26. The summed E-state index contributed by atoms with van der Waals surface area (Å²) >= 11 is 1.69. The molecule has 0 bridgehead atoms. The molecule has 1 aliphatic carbocycles.